The van der Waals surface area contributed by atoms with Crippen LogP contribution >= 0.6 is 0 Å². The highest BCUT2D eigenvalue weighted by atomic mass is 32.2. The number of nitrogens with one attached hydrogen (secondary N) is 1. The van der Waals surface area contributed by atoms with Gasteiger partial charge in [0.25, 0.3) is 0 Å². The molecule has 2 heterocycles. The molecular formula is C19H13F8NO3S. The van der Waals surface area contributed by atoms with Crippen LogP contribution < -0.4 is 10.1 Å². The van der Waals surface area contributed by atoms with E-state index in [1.807, 2.05) is 0 Å². The largest absolute Gasteiger partial charge is 0.487 e. The van der Waals surface area contributed by atoms with E-state index in [9.17, 15) is 43.5 Å². The van der Waals surface area contributed by atoms with Gasteiger partial charge in [0.15, 0.2) is 14.6 Å². The molecule has 0 spiro atoms. The maximum absolute atomic E-state index is 14.5. The summed E-state index contributed by atoms with van der Waals surface area (Å²) in [5, 5.41) is 2.77. The lowest BCUT2D eigenvalue weighted by atomic mass is 9.90. The average molecular weight is 487 g/mol. The second-order valence-electron chi connectivity index (χ2n) is 7.45. The third-order valence-corrected chi connectivity index (χ3v) is 8.21. The van der Waals surface area contributed by atoms with Gasteiger partial charge in [0, 0.05) is 24.2 Å². The first kappa shape index (κ1) is 22.8. The Kier molecular flexibility index (Phi) is 4.84. The second-order valence-corrected chi connectivity index (χ2v) is 9.66. The Morgan fingerprint density at radius 3 is 2.09 bits per heavy atom. The Morgan fingerprint density at radius 2 is 1.53 bits per heavy atom. The number of rotatable bonds is 3. The normalized spacial score (nSPS) is 23.6. The minimum Gasteiger partial charge on any atom is -0.487 e. The summed E-state index contributed by atoms with van der Waals surface area (Å²) in [5.41, 5.74) is -7.68. The summed E-state index contributed by atoms with van der Waals surface area (Å²) in [7, 11) is -4.36. The van der Waals surface area contributed by atoms with E-state index in [0.29, 0.717) is 6.07 Å². The molecule has 1 N–H and O–H groups in total. The lowest BCUT2D eigenvalue weighted by Gasteiger charge is -2.31. The lowest BCUT2D eigenvalue weighted by molar-refractivity contribution is -0.348. The first-order valence-corrected chi connectivity index (χ1v) is 10.5. The fourth-order valence-electron chi connectivity index (χ4n) is 4.14. The molecular weight excluding hydrogens is 474 g/mol. The van der Waals surface area contributed by atoms with Crippen LogP contribution in [0, 0.1) is 5.82 Å². The van der Waals surface area contributed by atoms with Gasteiger partial charge in [0.1, 0.15) is 17.7 Å². The molecule has 0 radical (unpaired) electrons. The van der Waals surface area contributed by atoms with Crippen molar-refractivity contribution in [2.45, 2.75) is 33.8 Å². The molecule has 0 aliphatic carbocycles. The highest BCUT2D eigenvalue weighted by Gasteiger charge is 2.74. The summed E-state index contributed by atoms with van der Waals surface area (Å²) in [5.74, 6) is -1.32. The molecule has 0 aromatic heterocycles. The Labute approximate surface area is 176 Å². The van der Waals surface area contributed by atoms with Gasteiger partial charge in [-0.25, -0.2) is 17.2 Å². The zero-order valence-electron chi connectivity index (χ0n) is 15.7. The van der Waals surface area contributed by atoms with Crippen LogP contribution in [0.2, 0.25) is 0 Å². The molecule has 2 aliphatic rings. The van der Waals surface area contributed by atoms with Crippen LogP contribution in [0.4, 0.5) is 35.1 Å². The highest BCUT2D eigenvalue weighted by molar-refractivity contribution is 7.92. The van der Waals surface area contributed by atoms with Crippen molar-refractivity contribution in [1.29, 1.82) is 0 Å². The molecule has 2 aromatic carbocycles. The molecule has 2 aromatic rings. The van der Waals surface area contributed by atoms with Crippen molar-refractivity contribution in [1.82, 2.24) is 5.32 Å². The summed E-state index contributed by atoms with van der Waals surface area (Å²) < 4.78 is 137. The minimum atomic E-state index is -6.33. The molecule has 174 valence electrons. The zero-order chi connectivity index (χ0) is 23.7. The maximum atomic E-state index is 14.5. The summed E-state index contributed by atoms with van der Waals surface area (Å²) in [6, 6.07) is 4.95. The summed E-state index contributed by atoms with van der Waals surface area (Å²) >= 11 is 0. The quantitative estimate of drug-likeness (QED) is 0.522. The van der Waals surface area contributed by atoms with Crippen molar-refractivity contribution in [2.24, 2.45) is 0 Å². The van der Waals surface area contributed by atoms with Gasteiger partial charge in [-0.2, -0.15) is 26.3 Å². The smallest absolute Gasteiger partial charge is 0.435 e. The second kappa shape index (κ2) is 6.80. The summed E-state index contributed by atoms with van der Waals surface area (Å²) in [6.07, 6.45) is -13.9. The van der Waals surface area contributed by atoms with Crippen molar-refractivity contribution in [3.05, 3.63) is 59.4 Å². The van der Waals surface area contributed by atoms with Gasteiger partial charge >= 0.3 is 18.0 Å². The third kappa shape index (κ3) is 2.86. The number of alkyl halides is 7. The Hall–Kier alpha value is -2.41. The van der Waals surface area contributed by atoms with Crippen molar-refractivity contribution < 1.29 is 48.3 Å². The van der Waals surface area contributed by atoms with Gasteiger partial charge in [-0.3, -0.25) is 0 Å². The first-order chi connectivity index (χ1) is 14.7. The molecule has 4 rings (SSSR count). The fraction of sp³-hybridized carbons (Fsp3) is 0.368. The van der Waals surface area contributed by atoms with Crippen molar-refractivity contribution in [2.75, 3.05) is 13.1 Å². The number of fused-ring (bicyclic) bond motifs is 3. The molecule has 1 fully saturated rings. The minimum absolute atomic E-state index is 0.0935. The van der Waals surface area contributed by atoms with Gasteiger partial charge in [-0.05, 0) is 30.3 Å². The number of benzene rings is 2. The van der Waals surface area contributed by atoms with E-state index in [1.54, 1.807) is 0 Å². The van der Waals surface area contributed by atoms with Gasteiger partial charge in [0.2, 0.25) is 0 Å². The molecule has 1 saturated heterocycles. The number of hydrogen-bond donors (Lipinski definition) is 1. The molecule has 0 amide bonds. The lowest BCUT2D eigenvalue weighted by Crippen LogP contribution is -2.50. The van der Waals surface area contributed by atoms with Gasteiger partial charge in [-0.1, -0.05) is 12.1 Å². The summed E-state index contributed by atoms with van der Waals surface area (Å²) in [4.78, 5) is -0.321. The SMILES string of the molecule is O=S(=O)(c1ccc(F)cc1)C12CNCC1Oc1cc(C(F)(C(F)(F)F)C(F)(F)F)ccc12. The van der Waals surface area contributed by atoms with Crippen LogP contribution in [0.1, 0.15) is 11.1 Å². The summed E-state index contributed by atoms with van der Waals surface area (Å²) in [6.45, 7) is -0.368. The highest BCUT2D eigenvalue weighted by Crippen LogP contribution is 2.56. The molecule has 2 aliphatic heterocycles. The zero-order valence-corrected chi connectivity index (χ0v) is 16.5. The Balaban J connectivity index is 1.89. The number of hydrogen-bond acceptors (Lipinski definition) is 4. The van der Waals surface area contributed by atoms with Crippen LogP contribution in [-0.4, -0.2) is 40.0 Å². The average Bonchev–Trinajstić information content (AvgIpc) is 3.23. The van der Waals surface area contributed by atoms with Crippen LogP contribution in [0.25, 0.3) is 0 Å². The number of halogens is 8. The number of ether oxygens (including phenoxy) is 1. The first-order valence-electron chi connectivity index (χ1n) is 9.01. The molecule has 0 saturated carbocycles. The molecule has 2 unspecified atom stereocenters. The number of sulfone groups is 1. The van der Waals surface area contributed by atoms with Gasteiger partial charge in [-0.15, -0.1) is 0 Å². The van der Waals surface area contributed by atoms with Gasteiger partial charge < -0.3 is 10.1 Å². The monoisotopic (exact) mass is 487 g/mol. The Bertz CT molecular complexity index is 1150. The van der Waals surface area contributed by atoms with E-state index in [0.717, 1.165) is 24.3 Å². The fourth-order valence-corrected chi connectivity index (χ4v) is 6.28. The van der Waals surface area contributed by atoms with Gasteiger partial charge in [0.05, 0.1) is 4.90 Å². The van der Waals surface area contributed by atoms with Crippen molar-refractivity contribution in [3.8, 4) is 5.75 Å². The van der Waals surface area contributed by atoms with E-state index in [1.165, 1.54) is 0 Å². The van der Waals surface area contributed by atoms with Crippen LogP contribution in [-0.2, 0) is 20.3 Å². The molecule has 32 heavy (non-hydrogen) atoms. The third-order valence-electron chi connectivity index (χ3n) is 5.73. The van der Waals surface area contributed by atoms with E-state index in [-0.39, 0.29) is 35.7 Å². The molecule has 0 bridgehead atoms. The molecule has 4 nitrogen and oxygen atoms in total. The molecule has 13 heteroatoms. The van der Waals surface area contributed by atoms with Crippen molar-refractivity contribution in [3.63, 3.8) is 0 Å². The van der Waals surface area contributed by atoms with Crippen LogP contribution in [0.15, 0.2) is 47.4 Å². The van der Waals surface area contributed by atoms with Crippen molar-refractivity contribution >= 4 is 9.84 Å². The Morgan fingerprint density at radius 1 is 0.938 bits per heavy atom. The van der Waals surface area contributed by atoms with E-state index in [4.69, 9.17) is 4.74 Å². The van der Waals surface area contributed by atoms with Crippen LogP contribution in [0.5, 0.6) is 5.75 Å². The van der Waals surface area contributed by atoms with Crippen LogP contribution in [0.3, 0.4) is 0 Å². The standard InChI is InChI=1S/C19H13F8NO3S/c20-11-2-4-12(5-3-11)32(29,30)16-9-28-8-15(16)31-14-7-10(1-6-13(14)16)17(21,18(22,23)24)19(25,26)27/h1-7,15,28H,8-9H2. The molecule has 2 atom stereocenters. The predicted octanol–water partition coefficient (Wildman–Crippen LogP) is 4.15. The van der Waals surface area contributed by atoms with E-state index in [2.05, 4.69) is 5.32 Å². The topological polar surface area (TPSA) is 55.4 Å². The maximum Gasteiger partial charge on any atom is 0.435 e. The van der Waals surface area contributed by atoms with E-state index < -0.39 is 55.8 Å². The predicted molar refractivity (Wildman–Crippen MR) is 93.9 cm³/mol. The van der Waals surface area contributed by atoms with E-state index >= 15 is 0 Å².